The summed E-state index contributed by atoms with van der Waals surface area (Å²) in [7, 11) is -3.31. The summed E-state index contributed by atoms with van der Waals surface area (Å²) in [6.07, 6.45) is 16.8. The SMILES string of the molecule is CCCCCCCCCCCCCCCCC[C@H](COP(=O)(O)OC[C@@]1(/C=N\C)O[C@@H](c2ccc3c(N)ncnn23)[C@H](O)[C@@H]1O)OCc1cc(Cl)cc(C#N)c1. The first kappa shape index (κ1) is 45.7. The lowest BCUT2D eigenvalue weighted by Crippen LogP contribution is -2.48. The Balaban J connectivity index is 1.28. The summed E-state index contributed by atoms with van der Waals surface area (Å²) in [5.41, 5.74) is 6.08. The molecular formula is C40H60ClN6O8P. The van der Waals surface area contributed by atoms with Crippen LogP contribution in [0.4, 0.5) is 5.82 Å². The van der Waals surface area contributed by atoms with Crippen LogP contribution in [0.1, 0.15) is 133 Å². The van der Waals surface area contributed by atoms with Crippen LogP contribution in [0.5, 0.6) is 0 Å². The van der Waals surface area contributed by atoms with Crippen molar-refractivity contribution in [3.05, 3.63) is 58.5 Å². The number of ether oxygens (including phenoxy) is 2. The van der Waals surface area contributed by atoms with Gasteiger partial charge in [-0.3, -0.25) is 14.0 Å². The number of aliphatic hydroxyl groups is 2. The average molecular weight is 819 g/mol. The molecule has 3 aromatic rings. The number of phosphoric ester groups is 1. The Hall–Kier alpha value is -2.96. The Kier molecular flexibility index (Phi) is 19.1. The highest BCUT2D eigenvalue weighted by Gasteiger charge is 2.55. The van der Waals surface area contributed by atoms with Crippen LogP contribution in [0.2, 0.25) is 5.02 Å². The van der Waals surface area contributed by atoms with Gasteiger partial charge in [0.15, 0.2) is 11.4 Å². The minimum atomic E-state index is -4.75. The van der Waals surface area contributed by atoms with Crippen molar-refractivity contribution >= 4 is 37.0 Å². The monoisotopic (exact) mass is 818 g/mol. The van der Waals surface area contributed by atoms with Gasteiger partial charge in [0, 0.05) is 18.3 Å². The van der Waals surface area contributed by atoms with E-state index < -0.39 is 44.4 Å². The molecule has 310 valence electrons. The molecule has 0 amide bonds. The largest absolute Gasteiger partial charge is 0.472 e. The summed E-state index contributed by atoms with van der Waals surface area (Å²) in [6, 6.07) is 10.3. The summed E-state index contributed by atoms with van der Waals surface area (Å²) in [5.74, 6) is 0.212. The molecule has 5 N–H and O–H groups in total. The van der Waals surface area contributed by atoms with Gasteiger partial charge >= 0.3 is 7.82 Å². The fourth-order valence-corrected chi connectivity index (χ4v) is 8.16. The molecule has 3 heterocycles. The summed E-state index contributed by atoms with van der Waals surface area (Å²) < 4.78 is 37.8. The quantitative estimate of drug-likeness (QED) is 0.0327. The minimum absolute atomic E-state index is 0.110. The lowest BCUT2D eigenvalue weighted by molar-refractivity contribution is -0.0655. The van der Waals surface area contributed by atoms with Crippen molar-refractivity contribution < 1.29 is 38.2 Å². The molecule has 0 bridgehead atoms. The third-order valence-corrected chi connectivity index (χ3v) is 11.4. The second kappa shape index (κ2) is 23.4. The molecule has 1 saturated heterocycles. The van der Waals surface area contributed by atoms with Crippen LogP contribution < -0.4 is 5.73 Å². The van der Waals surface area contributed by atoms with Crippen LogP contribution in [0.3, 0.4) is 0 Å². The highest BCUT2D eigenvalue weighted by atomic mass is 35.5. The molecule has 0 radical (unpaired) electrons. The van der Waals surface area contributed by atoms with E-state index in [9.17, 15) is 24.9 Å². The van der Waals surface area contributed by atoms with Gasteiger partial charge in [-0.1, -0.05) is 115 Å². The molecule has 1 aromatic carbocycles. The lowest BCUT2D eigenvalue weighted by atomic mass is 9.96. The predicted molar refractivity (Wildman–Crippen MR) is 216 cm³/mol. The Labute approximate surface area is 336 Å². The Morgan fingerprint density at radius 1 is 1.04 bits per heavy atom. The number of nitrogen functional groups attached to an aromatic ring is 1. The molecular weight excluding hydrogens is 759 g/mol. The van der Waals surface area contributed by atoms with Gasteiger partial charge in [-0.05, 0) is 42.3 Å². The third-order valence-electron chi connectivity index (χ3n) is 10.2. The van der Waals surface area contributed by atoms with E-state index in [1.165, 1.54) is 94.7 Å². The summed E-state index contributed by atoms with van der Waals surface area (Å²) in [4.78, 5) is 18.8. The van der Waals surface area contributed by atoms with Crippen LogP contribution in [0.25, 0.3) is 5.52 Å². The van der Waals surface area contributed by atoms with E-state index in [2.05, 4.69) is 28.1 Å². The second-order valence-electron chi connectivity index (χ2n) is 14.7. The topological polar surface area (TPSA) is 207 Å². The highest BCUT2D eigenvalue weighted by Crippen LogP contribution is 2.47. The van der Waals surface area contributed by atoms with Crippen molar-refractivity contribution in [1.29, 1.82) is 5.26 Å². The van der Waals surface area contributed by atoms with E-state index in [1.54, 1.807) is 30.3 Å². The normalized spacial score (nSPS) is 21.5. The number of unbranched alkanes of at least 4 members (excludes halogenated alkanes) is 14. The standard InChI is InChI=1S/C40H60ClN6O8P/c1-3-4-5-6-7-8-9-10-11-12-13-14-15-16-17-18-33(52-25-31-21-30(24-42)22-32(41)23-31)26-53-56(50,51)54-28-40(27-44-2)38(49)36(48)37(55-40)34-19-20-35-39(43)45-29-46-47(34)35/h19-23,27,29,33,36-38,48-49H,3-18,25-26,28H2,1-2H3,(H,50,51)(H2,43,45,46)/b44-27-/t33-,36+,37+,38+,40-/m1/s1. The number of aliphatic hydroxyl groups excluding tert-OH is 2. The lowest BCUT2D eigenvalue weighted by Gasteiger charge is -2.28. The molecule has 0 spiro atoms. The molecule has 16 heteroatoms. The molecule has 2 aromatic heterocycles. The van der Waals surface area contributed by atoms with Gasteiger partial charge < -0.3 is 30.3 Å². The zero-order valence-electron chi connectivity index (χ0n) is 32.8. The number of halogens is 1. The molecule has 6 atom stereocenters. The molecule has 1 aliphatic rings. The van der Waals surface area contributed by atoms with Gasteiger partial charge in [0.2, 0.25) is 0 Å². The number of nitrogens with zero attached hydrogens (tertiary/aromatic N) is 5. The number of hydrogen-bond donors (Lipinski definition) is 4. The maximum atomic E-state index is 13.3. The van der Waals surface area contributed by atoms with E-state index in [0.717, 1.165) is 25.7 Å². The number of anilines is 1. The first-order valence-electron chi connectivity index (χ1n) is 20.0. The molecule has 0 aliphatic carbocycles. The number of phosphoric acid groups is 1. The van der Waals surface area contributed by atoms with Crippen LogP contribution in [-0.2, 0) is 29.7 Å². The van der Waals surface area contributed by atoms with E-state index in [4.69, 9.17) is 35.9 Å². The smallest absolute Gasteiger partial charge is 0.387 e. The van der Waals surface area contributed by atoms with Crippen molar-refractivity contribution in [1.82, 2.24) is 14.6 Å². The summed E-state index contributed by atoms with van der Waals surface area (Å²) in [5, 5.41) is 36.2. The average Bonchev–Trinajstić information content (AvgIpc) is 3.72. The van der Waals surface area contributed by atoms with Crippen LogP contribution >= 0.6 is 19.4 Å². The number of aliphatic imine (C=N–C) groups is 1. The number of fused-ring (bicyclic) bond motifs is 1. The first-order valence-corrected chi connectivity index (χ1v) is 21.9. The van der Waals surface area contributed by atoms with E-state index in [1.807, 2.05) is 0 Å². The maximum absolute atomic E-state index is 13.3. The van der Waals surface area contributed by atoms with Gasteiger partial charge in [0.25, 0.3) is 0 Å². The Morgan fingerprint density at radius 2 is 1.68 bits per heavy atom. The van der Waals surface area contributed by atoms with Crippen molar-refractivity contribution in [3.8, 4) is 6.07 Å². The summed E-state index contributed by atoms with van der Waals surface area (Å²) in [6.45, 7) is 1.43. The molecule has 1 aliphatic heterocycles. The van der Waals surface area contributed by atoms with Crippen LogP contribution in [0.15, 0.2) is 41.7 Å². The van der Waals surface area contributed by atoms with E-state index in [0.29, 0.717) is 33.8 Å². The molecule has 4 rings (SSSR count). The first-order chi connectivity index (χ1) is 27.0. The maximum Gasteiger partial charge on any atom is 0.472 e. The fourth-order valence-electron chi connectivity index (χ4n) is 7.10. The number of benzene rings is 1. The van der Waals surface area contributed by atoms with Gasteiger partial charge in [-0.15, -0.1) is 0 Å². The number of nitriles is 1. The molecule has 0 saturated carbocycles. The molecule has 56 heavy (non-hydrogen) atoms. The predicted octanol–water partition coefficient (Wildman–Crippen LogP) is 8.05. The van der Waals surface area contributed by atoms with Gasteiger partial charge in [-0.2, -0.15) is 10.4 Å². The minimum Gasteiger partial charge on any atom is -0.387 e. The zero-order chi connectivity index (χ0) is 40.4. The van der Waals surface area contributed by atoms with Gasteiger partial charge in [-0.25, -0.2) is 14.1 Å². The van der Waals surface area contributed by atoms with Gasteiger partial charge in [0.1, 0.15) is 30.2 Å². The number of rotatable bonds is 27. The number of hydrogen-bond acceptors (Lipinski definition) is 12. The van der Waals surface area contributed by atoms with Crippen molar-refractivity contribution in [2.45, 2.75) is 146 Å². The van der Waals surface area contributed by atoms with Gasteiger partial charge in [0.05, 0.1) is 43.3 Å². The van der Waals surface area contributed by atoms with Crippen molar-refractivity contribution in [2.24, 2.45) is 4.99 Å². The van der Waals surface area contributed by atoms with Crippen molar-refractivity contribution in [2.75, 3.05) is 26.0 Å². The number of nitrogens with two attached hydrogens (primary N) is 1. The third kappa shape index (κ3) is 13.9. The van der Waals surface area contributed by atoms with E-state index in [-0.39, 0.29) is 19.0 Å². The Morgan fingerprint density at radius 3 is 2.30 bits per heavy atom. The second-order valence-corrected chi connectivity index (χ2v) is 16.6. The highest BCUT2D eigenvalue weighted by molar-refractivity contribution is 7.47. The molecule has 14 nitrogen and oxygen atoms in total. The zero-order valence-corrected chi connectivity index (χ0v) is 34.5. The van der Waals surface area contributed by atoms with Crippen molar-refractivity contribution in [3.63, 3.8) is 0 Å². The summed E-state index contributed by atoms with van der Waals surface area (Å²) >= 11 is 6.20. The van der Waals surface area contributed by atoms with Crippen LogP contribution in [-0.4, -0.2) is 80.1 Å². The molecule has 1 unspecified atom stereocenters. The van der Waals surface area contributed by atoms with Crippen LogP contribution in [0, 0.1) is 11.3 Å². The number of aromatic nitrogens is 3. The van der Waals surface area contributed by atoms with E-state index >= 15 is 0 Å². The molecule has 1 fully saturated rings. The fraction of sp³-hybridized carbons (Fsp3) is 0.650. The Bertz CT molecular complexity index is 1760.